The average molecular weight is 578 g/mol. The van der Waals surface area contributed by atoms with Gasteiger partial charge in [-0.2, -0.15) is 13.2 Å². The number of alkyl halides is 3. The summed E-state index contributed by atoms with van der Waals surface area (Å²) in [6.07, 6.45) is -3.48. The van der Waals surface area contributed by atoms with Crippen molar-refractivity contribution in [1.29, 1.82) is 0 Å². The molecule has 1 aliphatic rings. The second-order valence-electron chi connectivity index (χ2n) is 7.94. The number of nitro benzene ring substituents is 2. The predicted octanol–water partition coefficient (Wildman–Crippen LogP) is 6.71. The van der Waals surface area contributed by atoms with E-state index in [1.165, 1.54) is 36.4 Å². The molecule has 0 amide bonds. The van der Waals surface area contributed by atoms with Crippen LogP contribution in [-0.2, 0) is 15.7 Å². The number of carbonyl (C=O) groups excluding carboxylic acids is 1. The fourth-order valence-corrected chi connectivity index (χ4v) is 3.68. The molecule has 0 aliphatic carbocycles. The largest absolute Gasteiger partial charge is 0.490 e. The molecule has 0 N–H and O–H groups in total. The Labute approximate surface area is 227 Å². The molecule has 15 heteroatoms. The number of non-ortho nitro benzene ring substituents is 1. The van der Waals surface area contributed by atoms with Crippen molar-refractivity contribution in [3.63, 3.8) is 0 Å². The van der Waals surface area contributed by atoms with Gasteiger partial charge in [0.1, 0.15) is 0 Å². The summed E-state index contributed by atoms with van der Waals surface area (Å²) < 4.78 is 55.3. The lowest BCUT2D eigenvalue weighted by Gasteiger charge is -2.13. The van der Waals surface area contributed by atoms with E-state index in [-0.39, 0.29) is 46.0 Å². The van der Waals surface area contributed by atoms with Gasteiger partial charge in [-0.1, -0.05) is 17.7 Å². The molecular weight excluding hydrogens is 563 g/mol. The molecule has 0 saturated carbocycles. The van der Waals surface area contributed by atoms with E-state index in [0.717, 1.165) is 12.1 Å². The zero-order valence-electron chi connectivity index (χ0n) is 20.1. The van der Waals surface area contributed by atoms with Gasteiger partial charge in [-0.3, -0.25) is 20.2 Å². The number of halogens is 4. The van der Waals surface area contributed by atoms with Gasteiger partial charge >= 0.3 is 17.8 Å². The number of hydrogen-bond donors (Lipinski definition) is 0. The molecule has 0 fully saturated rings. The summed E-state index contributed by atoms with van der Waals surface area (Å²) >= 11 is 6.10. The molecule has 1 aliphatic heterocycles. The molecule has 0 spiro atoms. The third kappa shape index (κ3) is 6.02. The highest BCUT2D eigenvalue weighted by molar-refractivity contribution is 6.34. The van der Waals surface area contributed by atoms with Gasteiger partial charge in [0.15, 0.2) is 17.2 Å². The fraction of sp³-hybridized carbons (Fsp3) is 0.120. The van der Waals surface area contributed by atoms with E-state index in [4.69, 9.17) is 25.8 Å². The standard InChI is InChI=1S/C25H15ClF3N3O8/c1-2-38-22-10-13(3-7-21(22)39-20-8-4-14(25(27,28)29)11-19(20)32(36)37)9-18-24(33)40-23(30-18)16-12-15(31(34)35)5-6-17(16)26/h3-12H,2H2,1H3/b18-9-. The first-order valence-electron chi connectivity index (χ1n) is 11.1. The summed E-state index contributed by atoms with van der Waals surface area (Å²) in [5.74, 6) is -1.55. The lowest BCUT2D eigenvalue weighted by molar-refractivity contribution is -0.385. The molecule has 4 rings (SSSR count). The molecule has 206 valence electrons. The summed E-state index contributed by atoms with van der Waals surface area (Å²) in [4.78, 5) is 37.4. The Morgan fingerprint density at radius 2 is 1.73 bits per heavy atom. The Morgan fingerprint density at radius 1 is 1.00 bits per heavy atom. The van der Waals surface area contributed by atoms with Gasteiger partial charge in [0, 0.05) is 18.2 Å². The van der Waals surface area contributed by atoms with E-state index >= 15 is 0 Å². The summed E-state index contributed by atoms with van der Waals surface area (Å²) in [7, 11) is 0. The summed E-state index contributed by atoms with van der Waals surface area (Å²) in [5, 5.41) is 22.6. The quantitative estimate of drug-likeness (QED) is 0.124. The van der Waals surface area contributed by atoms with Crippen LogP contribution in [0.5, 0.6) is 17.2 Å². The maximum atomic E-state index is 13.0. The van der Waals surface area contributed by atoms with Crippen molar-refractivity contribution in [2.75, 3.05) is 6.61 Å². The Kier molecular flexibility index (Phi) is 7.72. The first kappa shape index (κ1) is 28.0. The second kappa shape index (κ2) is 11.0. The van der Waals surface area contributed by atoms with Crippen molar-refractivity contribution in [3.05, 3.63) is 102 Å². The Balaban J connectivity index is 1.67. The van der Waals surface area contributed by atoms with Gasteiger partial charge in [-0.15, -0.1) is 0 Å². The Hall–Kier alpha value is -4.98. The molecule has 0 radical (unpaired) electrons. The van der Waals surface area contributed by atoms with E-state index in [0.29, 0.717) is 17.7 Å². The molecule has 1 heterocycles. The van der Waals surface area contributed by atoms with Gasteiger partial charge in [-0.25, -0.2) is 9.79 Å². The van der Waals surface area contributed by atoms with Crippen LogP contribution in [0.4, 0.5) is 24.5 Å². The molecule has 0 unspecified atom stereocenters. The minimum atomic E-state index is -4.79. The van der Waals surface area contributed by atoms with Crippen LogP contribution in [0.25, 0.3) is 6.08 Å². The van der Waals surface area contributed by atoms with E-state index < -0.39 is 39.0 Å². The molecule has 0 bridgehead atoms. The SMILES string of the molecule is CCOc1cc(/C=C2\N=C(c3cc([N+](=O)[O-])ccc3Cl)OC2=O)ccc1Oc1ccc(C(F)(F)F)cc1[N+](=O)[O-]. The lowest BCUT2D eigenvalue weighted by Crippen LogP contribution is -2.06. The molecule has 3 aromatic carbocycles. The van der Waals surface area contributed by atoms with Crippen molar-refractivity contribution in [2.45, 2.75) is 13.1 Å². The summed E-state index contributed by atoms with van der Waals surface area (Å²) in [5.41, 5.74) is -2.20. The molecule has 0 atom stereocenters. The van der Waals surface area contributed by atoms with Crippen LogP contribution in [0.1, 0.15) is 23.6 Å². The third-order valence-electron chi connectivity index (χ3n) is 5.29. The summed E-state index contributed by atoms with van der Waals surface area (Å²) in [6, 6.07) is 9.57. The first-order valence-corrected chi connectivity index (χ1v) is 11.5. The van der Waals surface area contributed by atoms with Gasteiger partial charge in [0.05, 0.1) is 32.6 Å². The van der Waals surface area contributed by atoms with Crippen LogP contribution in [0.3, 0.4) is 0 Å². The monoisotopic (exact) mass is 577 g/mol. The number of benzene rings is 3. The van der Waals surface area contributed by atoms with Crippen LogP contribution < -0.4 is 9.47 Å². The smallest absolute Gasteiger partial charge is 0.416 e. The highest BCUT2D eigenvalue weighted by Crippen LogP contribution is 2.40. The normalized spacial score (nSPS) is 14.1. The molecule has 3 aromatic rings. The van der Waals surface area contributed by atoms with Crippen LogP contribution >= 0.6 is 11.6 Å². The zero-order chi connectivity index (χ0) is 29.2. The van der Waals surface area contributed by atoms with Crippen molar-refractivity contribution in [3.8, 4) is 17.2 Å². The average Bonchev–Trinajstić information content (AvgIpc) is 3.24. The van der Waals surface area contributed by atoms with Crippen molar-refractivity contribution in [1.82, 2.24) is 0 Å². The number of esters is 1. The van der Waals surface area contributed by atoms with E-state index in [1.54, 1.807) is 6.92 Å². The van der Waals surface area contributed by atoms with Crippen LogP contribution in [0, 0.1) is 20.2 Å². The first-order chi connectivity index (χ1) is 18.9. The number of cyclic esters (lactones) is 1. The van der Waals surface area contributed by atoms with Gasteiger partial charge in [0.2, 0.25) is 11.6 Å². The molecular formula is C25H15ClF3N3O8. The fourth-order valence-electron chi connectivity index (χ4n) is 3.48. The maximum absolute atomic E-state index is 13.0. The molecule has 11 nitrogen and oxygen atoms in total. The predicted molar refractivity (Wildman–Crippen MR) is 134 cm³/mol. The molecule has 40 heavy (non-hydrogen) atoms. The van der Waals surface area contributed by atoms with Crippen LogP contribution in [0.2, 0.25) is 5.02 Å². The number of ether oxygens (including phenoxy) is 3. The Morgan fingerprint density at radius 3 is 2.38 bits per heavy atom. The van der Waals surface area contributed by atoms with Gasteiger partial charge < -0.3 is 14.2 Å². The zero-order valence-corrected chi connectivity index (χ0v) is 20.9. The minimum Gasteiger partial charge on any atom is -0.490 e. The number of nitro groups is 2. The number of hydrogen-bond acceptors (Lipinski definition) is 9. The van der Waals surface area contributed by atoms with Crippen LogP contribution in [0.15, 0.2) is 65.3 Å². The van der Waals surface area contributed by atoms with Crippen LogP contribution in [-0.4, -0.2) is 28.3 Å². The number of carbonyl (C=O) groups is 1. The molecule has 0 saturated heterocycles. The van der Waals surface area contributed by atoms with Crippen molar-refractivity contribution >= 4 is 40.9 Å². The van der Waals surface area contributed by atoms with E-state index in [2.05, 4.69) is 4.99 Å². The Bertz CT molecular complexity index is 1600. The van der Waals surface area contributed by atoms with Crippen molar-refractivity contribution in [2.24, 2.45) is 4.99 Å². The van der Waals surface area contributed by atoms with Gasteiger partial charge in [-0.05, 0) is 48.9 Å². The lowest BCUT2D eigenvalue weighted by atomic mass is 10.1. The summed E-state index contributed by atoms with van der Waals surface area (Å²) in [6.45, 7) is 1.77. The topological polar surface area (TPSA) is 143 Å². The number of rotatable bonds is 8. The number of nitrogens with zero attached hydrogens (tertiary/aromatic N) is 3. The maximum Gasteiger partial charge on any atom is 0.416 e. The van der Waals surface area contributed by atoms with E-state index in [9.17, 15) is 38.2 Å². The highest BCUT2D eigenvalue weighted by atomic mass is 35.5. The molecule has 0 aromatic heterocycles. The van der Waals surface area contributed by atoms with E-state index in [1.807, 2.05) is 0 Å². The highest BCUT2D eigenvalue weighted by Gasteiger charge is 2.34. The van der Waals surface area contributed by atoms with Gasteiger partial charge in [0.25, 0.3) is 5.69 Å². The third-order valence-corrected chi connectivity index (χ3v) is 5.62. The number of aliphatic imine (C=N–C) groups is 1. The minimum absolute atomic E-state index is 0.0319. The second-order valence-corrected chi connectivity index (χ2v) is 8.34. The van der Waals surface area contributed by atoms with Crippen molar-refractivity contribution < 1.29 is 42.0 Å².